The van der Waals surface area contributed by atoms with Crippen LogP contribution in [-0.4, -0.2) is 71.4 Å². The summed E-state index contributed by atoms with van der Waals surface area (Å²) < 4.78 is 59.5. The number of carbonyl (C=O) groups excluding carboxylic acids is 1. The maximum atomic E-state index is 13.2. The Morgan fingerprint density at radius 3 is 2.29 bits per heavy atom. The minimum Gasteiger partial charge on any atom is -0.495 e. The van der Waals surface area contributed by atoms with E-state index in [4.69, 9.17) is 4.74 Å². The fraction of sp³-hybridized carbons (Fsp3) is 0.409. The Morgan fingerprint density at radius 2 is 1.71 bits per heavy atom. The number of rotatable bonds is 9. The Labute approximate surface area is 205 Å². The third-order valence-corrected chi connectivity index (χ3v) is 10.00. The number of hydrogen-bond acceptors (Lipinski definition) is 7. The zero-order chi connectivity index (χ0) is 24.9. The molecule has 0 aromatic heterocycles. The quantitative estimate of drug-likeness (QED) is 0.499. The highest BCUT2D eigenvalue weighted by atomic mass is 32.2. The van der Waals surface area contributed by atoms with E-state index in [0.29, 0.717) is 13.1 Å². The molecule has 0 unspecified atom stereocenters. The number of amides is 1. The monoisotopic (exact) mass is 527 g/mol. The van der Waals surface area contributed by atoms with Crippen molar-refractivity contribution in [2.45, 2.75) is 33.9 Å². The fourth-order valence-corrected chi connectivity index (χ4v) is 6.85. The lowest BCUT2D eigenvalue weighted by Crippen LogP contribution is -2.36. The van der Waals surface area contributed by atoms with Gasteiger partial charge in [0.1, 0.15) is 10.6 Å². The number of hydrogen-bond donors (Lipinski definition) is 1. The molecular weight excluding hydrogens is 498 g/mol. The molecule has 2 aromatic carbocycles. The summed E-state index contributed by atoms with van der Waals surface area (Å²) in [5, 5.41) is 2.59. The molecule has 34 heavy (non-hydrogen) atoms. The van der Waals surface area contributed by atoms with Gasteiger partial charge in [-0.1, -0.05) is 6.42 Å². The van der Waals surface area contributed by atoms with Crippen molar-refractivity contribution in [2.24, 2.45) is 0 Å². The molecule has 1 fully saturated rings. The van der Waals surface area contributed by atoms with Crippen LogP contribution in [0.1, 0.15) is 19.3 Å². The number of ether oxygens (including phenoxy) is 1. The number of carbonyl (C=O) groups is 1. The van der Waals surface area contributed by atoms with Gasteiger partial charge in [-0.05, 0) is 61.6 Å². The van der Waals surface area contributed by atoms with E-state index in [0.717, 1.165) is 28.5 Å². The highest BCUT2D eigenvalue weighted by Gasteiger charge is 2.29. The van der Waals surface area contributed by atoms with Crippen LogP contribution >= 0.6 is 11.8 Å². The minimum atomic E-state index is -3.87. The molecule has 1 heterocycles. The molecule has 186 valence electrons. The normalized spacial score (nSPS) is 15.3. The Kier molecular flexibility index (Phi) is 8.63. The molecule has 2 aromatic rings. The van der Waals surface area contributed by atoms with Gasteiger partial charge in [-0.15, -0.1) is 11.8 Å². The van der Waals surface area contributed by atoms with Gasteiger partial charge in [-0.3, -0.25) is 4.79 Å². The largest absolute Gasteiger partial charge is 0.495 e. The standard InChI is InChI=1S/C22H29N3O6S3/c1-24(33(27,28)19-10-8-18(32-3)9-11-19)16-22(26)23-17-7-12-20(31-2)21(15-17)34(29,30)25-13-5-4-6-14-25/h7-12,15H,4-6,13-14,16H2,1-3H3,(H,23,26). The number of piperidine rings is 1. The van der Waals surface area contributed by atoms with Crippen LogP contribution in [0.15, 0.2) is 57.2 Å². The average Bonchev–Trinajstić information content (AvgIpc) is 2.84. The molecule has 1 saturated heterocycles. The summed E-state index contributed by atoms with van der Waals surface area (Å²) in [7, 11) is -4.97. The first kappa shape index (κ1) is 26.5. The van der Waals surface area contributed by atoms with E-state index in [9.17, 15) is 21.6 Å². The van der Waals surface area contributed by atoms with Crippen LogP contribution in [0.4, 0.5) is 5.69 Å². The number of anilines is 1. The Morgan fingerprint density at radius 1 is 1.06 bits per heavy atom. The summed E-state index contributed by atoms with van der Waals surface area (Å²) in [5.74, 6) is -0.421. The van der Waals surface area contributed by atoms with Crippen LogP contribution in [0, 0.1) is 0 Å². The Hall–Kier alpha value is -2.12. The third kappa shape index (κ3) is 5.92. The van der Waals surface area contributed by atoms with Gasteiger partial charge in [0.05, 0.1) is 18.6 Å². The van der Waals surface area contributed by atoms with Gasteiger partial charge < -0.3 is 10.1 Å². The first-order valence-corrected chi connectivity index (χ1v) is 14.8. The number of benzene rings is 2. The van der Waals surface area contributed by atoms with E-state index in [1.54, 1.807) is 12.1 Å². The van der Waals surface area contributed by atoms with E-state index in [1.807, 2.05) is 6.26 Å². The molecule has 1 aliphatic rings. The molecule has 1 N–H and O–H groups in total. The van der Waals surface area contributed by atoms with Crippen LogP contribution in [0.2, 0.25) is 0 Å². The van der Waals surface area contributed by atoms with E-state index < -0.39 is 32.5 Å². The second-order valence-electron chi connectivity index (χ2n) is 7.82. The van der Waals surface area contributed by atoms with E-state index in [1.165, 1.54) is 60.6 Å². The second-order valence-corrected chi connectivity index (χ2v) is 12.6. The van der Waals surface area contributed by atoms with Gasteiger partial charge in [0.25, 0.3) is 0 Å². The van der Waals surface area contributed by atoms with E-state index in [-0.39, 0.29) is 21.2 Å². The second kappa shape index (κ2) is 11.1. The minimum absolute atomic E-state index is 0.0374. The van der Waals surface area contributed by atoms with Crippen LogP contribution in [-0.2, 0) is 24.8 Å². The molecule has 0 bridgehead atoms. The number of likely N-dealkylation sites (N-methyl/N-ethyl adjacent to an activating group) is 1. The molecule has 0 radical (unpaired) electrons. The Bertz CT molecular complexity index is 1230. The molecule has 1 amide bonds. The van der Waals surface area contributed by atoms with Gasteiger partial charge in [0.15, 0.2) is 0 Å². The average molecular weight is 528 g/mol. The zero-order valence-corrected chi connectivity index (χ0v) is 21.8. The summed E-state index contributed by atoms with van der Waals surface area (Å²) in [6.07, 6.45) is 4.46. The molecule has 1 aliphatic heterocycles. The van der Waals surface area contributed by atoms with Crippen molar-refractivity contribution in [1.29, 1.82) is 0 Å². The lowest BCUT2D eigenvalue weighted by atomic mass is 10.2. The summed E-state index contributed by atoms with van der Waals surface area (Å²) >= 11 is 1.50. The van der Waals surface area contributed by atoms with E-state index in [2.05, 4.69) is 5.32 Å². The molecule has 3 rings (SSSR count). The van der Waals surface area contributed by atoms with Crippen molar-refractivity contribution in [3.63, 3.8) is 0 Å². The van der Waals surface area contributed by atoms with Gasteiger partial charge in [-0.25, -0.2) is 16.8 Å². The van der Waals surface area contributed by atoms with Crippen molar-refractivity contribution >= 4 is 43.4 Å². The van der Waals surface area contributed by atoms with Gasteiger partial charge in [0.2, 0.25) is 26.0 Å². The molecular formula is C22H29N3O6S3. The summed E-state index contributed by atoms with van der Waals surface area (Å²) in [6.45, 7) is 0.429. The number of sulfonamides is 2. The molecule has 0 aliphatic carbocycles. The summed E-state index contributed by atoms with van der Waals surface area (Å²) in [5.41, 5.74) is 0.233. The zero-order valence-electron chi connectivity index (χ0n) is 19.4. The molecule has 0 spiro atoms. The smallest absolute Gasteiger partial charge is 0.246 e. The molecule has 0 saturated carbocycles. The third-order valence-electron chi connectivity index (χ3n) is 5.51. The summed E-state index contributed by atoms with van der Waals surface area (Å²) in [6, 6.07) is 10.7. The van der Waals surface area contributed by atoms with Crippen LogP contribution in [0.5, 0.6) is 5.75 Å². The van der Waals surface area contributed by atoms with E-state index >= 15 is 0 Å². The Balaban J connectivity index is 1.76. The van der Waals surface area contributed by atoms with Gasteiger partial charge in [0, 0.05) is 30.7 Å². The SMILES string of the molecule is COc1ccc(NC(=O)CN(C)S(=O)(=O)c2ccc(SC)cc2)cc1S(=O)(=O)N1CCCCC1. The van der Waals surface area contributed by atoms with Crippen molar-refractivity contribution < 1.29 is 26.4 Å². The van der Waals surface area contributed by atoms with Gasteiger partial charge in [-0.2, -0.15) is 8.61 Å². The predicted molar refractivity (Wildman–Crippen MR) is 132 cm³/mol. The predicted octanol–water partition coefficient (Wildman–Crippen LogP) is 2.85. The molecule has 0 atom stereocenters. The lowest BCUT2D eigenvalue weighted by molar-refractivity contribution is -0.116. The number of thioether (sulfide) groups is 1. The maximum absolute atomic E-state index is 13.2. The first-order chi connectivity index (χ1) is 16.1. The highest BCUT2D eigenvalue weighted by Crippen LogP contribution is 2.31. The van der Waals surface area contributed by atoms with Crippen molar-refractivity contribution in [1.82, 2.24) is 8.61 Å². The van der Waals surface area contributed by atoms with Crippen molar-refractivity contribution in [2.75, 3.05) is 45.4 Å². The number of methoxy groups -OCH3 is 1. The molecule has 9 nitrogen and oxygen atoms in total. The van der Waals surface area contributed by atoms with Crippen molar-refractivity contribution in [3.8, 4) is 5.75 Å². The highest BCUT2D eigenvalue weighted by molar-refractivity contribution is 7.98. The fourth-order valence-electron chi connectivity index (χ4n) is 3.62. The topological polar surface area (TPSA) is 113 Å². The van der Waals surface area contributed by atoms with Gasteiger partial charge >= 0.3 is 0 Å². The van der Waals surface area contributed by atoms with Crippen LogP contribution in [0.25, 0.3) is 0 Å². The summed E-state index contributed by atoms with van der Waals surface area (Å²) in [4.78, 5) is 13.6. The molecule has 12 heteroatoms. The van der Waals surface area contributed by atoms with Crippen LogP contribution in [0.3, 0.4) is 0 Å². The first-order valence-electron chi connectivity index (χ1n) is 10.7. The van der Waals surface area contributed by atoms with Crippen LogP contribution < -0.4 is 10.1 Å². The number of nitrogens with one attached hydrogen (secondary N) is 1. The number of nitrogens with zero attached hydrogens (tertiary/aromatic N) is 2. The van der Waals surface area contributed by atoms with Crippen molar-refractivity contribution in [3.05, 3.63) is 42.5 Å². The lowest BCUT2D eigenvalue weighted by Gasteiger charge is -2.26. The maximum Gasteiger partial charge on any atom is 0.246 e.